The smallest absolute Gasteiger partial charge is 0.341 e. The molecule has 0 radical (unpaired) electrons. The van der Waals surface area contributed by atoms with E-state index >= 15 is 0 Å². The van der Waals surface area contributed by atoms with Gasteiger partial charge in [0.25, 0.3) is 11.8 Å². The third-order valence-corrected chi connectivity index (χ3v) is 4.77. The van der Waals surface area contributed by atoms with E-state index in [1.807, 2.05) is 0 Å². The molecule has 3 rings (SSSR count). The van der Waals surface area contributed by atoms with Gasteiger partial charge < -0.3 is 9.84 Å². The van der Waals surface area contributed by atoms with Gasteiger partial charge in [0.1, 0.15) is 5.75 Å². The van der Waals surface area contributed by atoms with Crippen LogP contribution in [-0.2, 0) is 9.59 Å². The molecule has 0 saturated carbocycles. The summed E-state index contributed by atoms with van der Waals surface area (Å²) >= 11 is 6.23. The summed E-state index contributed by atoms with van der Waals surface area (Å²) in [5.74, 6) is -1.67. The number of ether oxygens (including phenoxy) is 1. The molecule has 0 unspecified atom stereocenters. The van der Waals surface area contributed by atoms with E-state index in [2.05, 4.69) is 10.4 Å². The number of amides is 2. The second-order valence-electron chi connectivity index (χ2n) is 5.45. The summed E-state index contributed by atoms with van der Waals surface area (Å²) in [5, 5.41) is 9.69. The Morgan fingerprint density at radius 2 is 2.04 bits per heavy atom. The van der Waals surface area contributed by atoms with E-state index in [4.69, 9.17) is 22.1 Å². The minimum Gasteiger partial charge on any atom is -0.482 e. The average Bonchev–Trinajstić information content (AvgIpc) is 2.94. The van der Waals surface area contributed by atoms with Crippen molar-refractivity contribution in [1.29, 1.82) is 0 Å². The van der Waals surface area contributed by atoms with Crippen molar-refractivity contribution in [3.8, 4) is 5.75 Å². The number of benzene rings is 1. The Kier molecular flexibility index (Phi) is 6.02. The molecule has 0 bridgehead atoms. The first-order valence-corrected chi connectivity index (χ1v) is 9.10. The van der Waals surface area contributed by atoms with Crippen molar-refractivity contribution in [3.05, 3.63) is 64.8 Å². The van der Waals surface area contributed by atoms with Crippen LogP contribution in [-0.4, -0.2) is 43.8 Å². The van der Waals surface area contributed by atoms with E-state index in [0.29, 0.717) is 21.8 Å². The topological polar surface area (TPSA) is 109 Å². The highest BCUT2D eigenvalue weighted by molar-refractivity contribution is 8.26. The first kappa shape index (κ1) is 19.5. The summed E-state index contributed by atoms with van der Waals surface area (Å²) in [5.41, 5.74) is 3.45. The lowest BCUT2D eigenvalue weighted by Gasteiger charge is -2.15. The van der Waals surface area contributed by atoms with Gasteiger partial charge in [-0.1, -0.05) is 23.9 Å². The maximum Gasteiger partial charge on any atom is 0.341 e. The molecule has 10 heteroatoms. The van der Waals surface area contributed by atoms with Gasteiger partial charge in [-0.15, -0.1) is 0 Å². The van der Waals surface area contributed by atoms with Crippen LogP contribution in [0.25, 0.3) is 6.08 Å². The van der Waals surface area contributed by atoms with Crippen LogP contribution < -0.4 is 10.2 Å². The number of carboxylic acid groups (broad SMARTS) is 1. The van der Waals surface area contributed by atoms with E-state index in [9.17, 15) is 14.4 Å². The SMILES string of the molecule is O=C(O)COc1cccc(/C=C2/SC(=S)N(NC(=O)c3ccncc3)C2=O)c1. The number of carboxylic acids is 1. The first-order chi connectivity index (χ1) is 13.4. The molecule has 1 aromatic heterocycles. The van der Waals surface area contributed by atoms with Crippen LogP contribution in [0.15, 0.2) is 53.7 Å². The van der Waals surface area contributed by atoms with Gasteiger partial charge in [0.2, 0.25) is 0 Å². The number of hydrazine groups is 1. The maximum atomic E-state index is 12.6. The van der Waals surface area contributed by atoms with E-state index < -0.39 is 24.4 Å². The van der Waals surface area contributed by atoms with Crippen LogP contribution in [0.2, 0.25) is 0 Å². The number of rotatable bonds is 6. The molecule has 142 valence electrons. The van der Waals surface area contributed by atoms with Crippen molar-refractivity contribution >= 4 is 52.2 Å². The summed E-state index contributed by atoms with van der Waals surface area (Å²) in [6.07, 6.45) is 4.53. The summed E-state index contributed by atoms with van der Waals surface area (Å²) in [7, 11) is 0. The van der Waals surface area contributed by atoms with Crippen LogP contribution in [0.1, 0.15) is 15.9 Å². The highest BCUT2D eigenvalue weighted by Gasteiger charge is 2.33. The van der Waals surface area contributed by atoms with Gasteiger partial charge >= 0.3 is 5.97 Å². The Balaban J connectivity index is 1.73. The van der Waals surface area contributed by atoms with Crippen LogP contribution in [0.3, 0.4) is 0 Å². The lowest BCUT2D eigenvalue weighted by Crippen LogP contribution is -2.44. The molecule has 2 aromatic rings. The van der Waals surface area contributed by atoms with E-state index in [0.717, 1.165) is 16.8 Å². The standard InChI is InChI=1S/C18H13N3O5S2/c22-15(23)10-26-13-3-1-2-11(8-13)9-14-17(25)21(18(27)28-14)20-16(24)12-4-6-19-7-5-12/h1-9H,10H2,(H,20,24)(H,22,23)/b14-9+. The molecule has 2 N–H and O–H groups in total. The zero-order valence-corrected chi connectivity index (χ0v) is 15.8. The van der Waals surface area contributed by atoms with Gasteiger partial charge in [0.15, 0.2) is 10.9 Å². The number of pyridine rings is 1. The van der Waals surface area contributed by atoms with Gasteiger partial charge in [0.05, 0.1) is 4.91 Å². The molecule has 0 aliphatic carbocycles. The Morgan fingerprint density at radius 1 is 1.29 bits per heavy atom. The molecule has 0 spiro atoms. The normalized spacial score (nSPS) is 15.0. The van der Waals surface area contributed by atoms with Crippen molar-refractivity contribution < 1.29 is 24.2 Å². The fourth-order valence-electron chi connectivity index (χ4n) is 2.22. The Bertz CT molecular complexity index is 978. The number of thiocarbonyl (C=S) groups is 1. The molecule has 1 aliphatic heterocycles. The van der Waals surface area contributed by atoms with Gasteiger partial charge in [0, 0.05) is 18.0 Å². The zero-order valence-electron chi connectivity index (χ0n) is 14.2. The van der Waals surface area contributed by atoms with Crippen LogP contribution in [0.5, 0.6) is 5.75 Å². The number of carbonyl (C=O) groups excluding carboxylic acids is 2. The number of aromatic nitrogens is 1. The van der Waals surface area contributed by atoms with Crippen molar-refractivity contribution in [3.63, 3.8) is 0 Å². The molecular weight excluding hydrogens is 402 g/mol. The third kappa shape index (κ3) is 4.72. The molecule has 28 heavy (non-hydrogen) atoms. The number of carbonyl (C=O) groups is 3. The molecule has 1 aliphatic rings. The lowest BCUT2D eigenvalue weighted by molar-refractivity contribution is -0.139. The van der Waals surface area contributed by atoms with E-state index in [-0.39, 0.29) is 4.32 Å². The number of thioether (sulfide) groups is 1. The molecule has 1 fully saturated rings. The zero-order chi connectivity index (χ0) is 20.1. The van der Waals surface area contributed by atoms with Crippen molar-refractivity contribution in [2.75, 3.05) is 6.61 Å². The molecule has 8 nitrogen and oxygen atoms in total. The maximum absolute atomic E-state index is 12.6. The summed E-state index contributed by atoms with van der Waals surface area (Å²) in [6.45, 7) is -0.466. The van der Waals surface area contributed by atoms with E-state index in [1.165, 1.54) is 24.5 Å². The molecule has 2 heterocycles. The second-order valence-corrected chi connectivity index (χ2v) is 7.12. The number of nitrogens with one attached hydrogen (secondary N) is 1. The average molecular weight is 415 g/mol. The number of aliphatic carboxylic acids is 1. The largest absolute Gasteiger partial charge is 0.482 e. The number of hydrogen-bond donors (Lipinski definition) is 2. The van der Waals surface area contributed by atoms with Crippen LogP contribution >= 0.6 is 24.0 Å². The van der Waals surface area contributed by atoms with Gasteiger partial charge in [-0.25, -0.2) is 4.79 Å². The lowest BCUT2D eigenvalue weighted by atomic mass is 10.2. The molecular formula is C18H13N3O5S2. The molecule has 1 aromatic carbocycles. The predicted molar refractivity (Wildman–Crippen MR) is 106 cm³/mol. The molecule has 2 amide bonds. The number of hydrogen-bond acceptors (Lipinski definition) is 7. The Labute approximate surface area is 169 Å². The van der Waals surface area contributed by atoms with Crippen molar-refractivity contribution in [2.45, 2.75) is 0 Å². The highest BCUT2D eigenvalue weighted by atomic mass is 32.2. The second kappa shape index (κ2) is 8.63. The molecule has 0 atom stereocenters. The van der Waals surface area contributed by atoms with Gasteiger partial charge in [-0.05, 0) is 48.1 Å². The minimum absolute atomic E-state index is 0.192. The monoisotopic (exact) mass is 415 g/mol. The quantitative estimate of drug-likeness (QED) is 0.545. The minimum atomic E-state index is -1.09. The fraction of sp³-hybridized carbons (Fsp3) is 0.0556. The highest BCUT2D eigenvalue weighted by Crippen LogP contribution is 2.32. The fourth-order valence-corrected chi connectivity index (χ4v) is 3.40. The van der Waals surface area contributed by atoms with Gasteiger partial charge in [-0.3, -0.25) is 20.0 Å². The summed E-state index contributed by atoms with van der Waals surface area (Å²) in [4.78, 5) is 39.6. The predicted octanol–water partition coefficient (Wildman–Crippen LogP) is 2.09. The Hall–Kier alpha value is -3.24. The summed E-state index contributed by atoms with van der Waals surface area (Å²) in [6, 6.07) is 9.66. The first-order valence-electron chi connectivity index (χ1n) is 7.87. The van der Waals surface area contributed by atoms with E-state index in [1.54, 1.807) is 30.3 Å². The van der Waals surface area contributed by atoms with Crippen molar-refractivity contribution in [1.82, 2.24) is 15.4 Å². The summed E-state index contributed by atoms with van der Waals surface area (Å²) < 4.78 is 5.32. The molecule has 1 saturated heterocycles. The Morgan fingerprint density at radius 3 is 2.75 bits per heavy atom. The van der Waals surface area contributed by atoms with Gasteiger partial charge in [-0.2, -0.15) is 5.01 Å². The van der Waals surface area contributed by atoms with Crippen LogP contribution in [0, 0.1) is 0 Å². The van der Waals surface area contributed by atoms with Crippen molar-refractivity contribution in [2.24, 2.45) is 0 Å². The third-order valence-electron chi connectivity index (χ3n) is 3.47. The van der Waals surface area contributed by atoms with Crippen LogP contribution in [0.4, 0.5) is 0 Å². The number of nitrogens with zero attached hydrogens (tertiary/aromatic N) is 2.